The molecule has 0 aliphatic rings. The highest BCUT2D eigenvalue weighted by Crippen LogP contribution is 2.23. The number of benzene rings is 2. The summed E-state index contributed by atoms with van der Waals surface area (Å²) in [5.41, 5.74) is 2.33. The normalized spacial score (nSPS) is 10.7. The van der Waals surface area contributed by atoms with Crippen LogP contribution in [0.4, 0.5) is 5.69 Å². The maximum absolute atomic E-state index is 12.5. The van der Waals surface area contributed by atoms with Gasteiger partial charge in [-0.25, -0.2) is 0 Å². The maximum Gasteiger partial charge on any atom is 0.200 e. The van der Waals surface area contributed by atoms with Crippen LogP contribution in [0.2, 0.25) is 0 Å². The van der Waals surface area contributed by atoms with Crippen LogP contribution >= 0.6 is 0 Å². The Morgan fingerprint density at radius 2 is 1.70 bits per heavy atom. The molecule has 3 rings (SSSR count). The third-order valence-corrected chi connectivity index (χ3v) is 3.30. The molecule has 0 atom stereocenters. The fraction of sp³-hybridized carbons (Fsp3) is 0.125. The fourth-order valence-corrected chi connectivity index (χ4v) is 2.19. The Balaban J connectivity index is 2.43. The van der Waals surface area contributed by atoms with Gasteiger partial charge >= 0.3 is 0 Å². The minimum absolute atomic E-state index is 0.109. The number of nitriles is 1. The lowest BCUT2D eigenvalue weighted by Gasteiger charge is -2.12. The highest BCUT2D eigenvalue weighted by molar-refractivity contribution is 5.91. The molecule has 0 N–H and O–H groups in total. The average molecular weight is 264 g/mol. The summed E-state index contributed by atoms with van der Waals surface area (Å²) in [4.78, 5) is 14.5. The summed E-state index contributed by atoms with van der Waals surface area (Å²) < 4.78 is 5.73. The van der Waals surface area contributed by atoms with Gasteiger partial charge in [0, 0.05) is 19.8 Å². The number of fused-ring (bicyclic) bond motifs is 2. The van der Waals surface area contributed by atoms with E-state index in [4.69, 9.17) is 9.68 Å². The summed E-state index contributed by atoms with van der Waals surface area (Å²) in [6.45, 7) is 0. The molecule has 1 heterocycles. The largest absolute Gasteiger partial charge is 0.456 e. The van der Waals surface area contributed by atoms with Crippen LogP contribution in [0.1, 0.15) is 5.56 Å². The summed E-state index contributed by atoms with van der Waals surface area (Å²) in [7, 11) is 3.83. The first-order valence-corrected chi connectivity index (χ1v) is 6.18. The summed E-state index contributed by atoms with van der Waals surface area (Å²) in [6, 6.07) is 12.4. The van der Waals surface area contributed by atoms with Crippen molar-refractivity contribution >= 4 is 27.6 Å². The highest BCUT2D eigenvalue weighted by Gasteiger charge is 2.09. The molecule has 4 nitrogen and oxygen atoms in total. The molecule has 0 amide bonds. The van der Waals surface area contributed by atoms with E-state index in [0.717, 1.165) is 5.69 Å². The van der Waals surface area contributed by atoms with Crippen molar-refractivity contribution in [3.05, 3.63) is 52.2 Å². The molecule has 0 spiro atoms. The smallest absolute Gasteiger partial charge is 0.200 e. The predicted octanol–water partition coefficient (Wildman–Crippen LogP) is 2.88. The van der Waals surface area contributed by atoms with Crippen molar-refractivity contribution in [2.24, 2.45) is 0 Å². The Kier molecular flexibility index (Phi) is 2.69. The summed E-state index contributed by atoms with van der Waals surface area (Å²) >= 11 is 0. The summed E-state index contributed by atoms with van der Waals surface area (Å²) in [6.07, 6.45) is 0. The van der Waals surface area contributed by atoms with Gasteiger partial charge < -0.3 is 9.32 Å². The number of nitrogens with zero attached hydrogens (tertiary/aromatic N) is 2. The molecule has 3 aromatic rings. The molecule has 0 unspecified atom stereocenters. The molecule has 98 valence electrons. The monoisotopic (exact) mass is 264 g/mol. The molecule has 0 radical (unpaired) electrons. The minimum Gasteiger partial charge on any atom is -0.456 e. The Hall–Kier alpha value is -2.80. The SMILES string of the molecule is CN(C)c1ccc2oc3ccc(C#N)cc3c(=O)c2c1. The van der Waals surface area contributed by atoms with Crippen LogP contribution in [0.25, 0.3) is 21.9 Å². The van der Waals surface area contributed by atoms with Gasteiger partial charge in [0.25, 0.3) is 0 Å². The second kappa shape index (κ2) is 4.39. The standard InChI is InChI=1S/C16H12N2O2/c1-18(2)11-4-6-15-13(8-11)16(19)12-7-10(9-17)3-5-14(12)20-15/h3-8H,1-2H3. The second-order valence-electron chi connectivity index (χ2n) is 4.83. The number of rotatable bonds is 1. The summed E-state index contributed by atoms with van der Waals surface area (Å²) in [5, 5.41) is 9.89. The van der Waals surface area contributed by atoms with Gasteiger partial charge in [0.1, 0.15) is 11.2 Å². The van der Waals surface area contributed by atoms with E-state index in [1.807, 2.05) is 31.1 Å². The number of hydrogen-bond acceptors (Lipinski definition) is 4. The lowest BCUT2D eigenvalue weighted by atomic mass is 10.1. The molecule has 0 aliphatic carbocycles. The Bertz CT molecular complexity index is 917. The Labute approximate surface area is 115 Å². The van der Waals surface area contributed by atoms with Crippen LogP contribution in [0.3, 0.4) is 0 Å². The lowest BCUT2D eigenvalue weighted by Crippen LogP contribution is -2.10. The van der Waals surface area contributed by atoms with Crippen molar-refractivity contribution in [3.63, 3.8) is 0 Å². The van der Waals surface area contributed by atoms with E-state index in [1.54, 1.807) is 30.3 Å². The van der Waals surface area contributed by atoms with E-state index in [9.17, 15) is 4.79 Å². The van der Waals surface area contributed by atoms with Gasteiger partial charge in [-0.1, -0.05) is 0 Å². The third kappa shape index (κ3) is 1.81. The zero-order chi connectivity index (χ0) is 14.3. The van der Waals surface area contributed by atoms with Gasteiger partial charge in [-0.05, 0) is 36.4 Å². The zero-order valence-electron chi connectivity index (χ0n) is 11.2. The van der Waals surface area contributed by atoms with Crippen LogP contribution in [0, 0.1) is 11.3 Å². The van der Waals surface area contributed by atoms with E-state index in [-0.39, 0.29) is 5.43 Å². The molecule has 2 aromatic carbocycles. The van der Waals surface area contributed by atoms with Gasteiger partial charge in [0.2, 0.25) is 5.43 Å². The molecule has 0 bridgehead atoms. The minimum atomic E-state index is -0.109. The third-order valence-electron chi connectivity index (χ3n) is 3.30. The van der Waals surface area contributed by atoms with Crippen molar-refractivity contribution in [1.82, 2.24) is 0 Å². The van der Waals surface area contributed by atoms with Crippen LogP contribution in [-0.4, -0.2) is 14.1 Å². The van der Waals surface area contributed by atoms with Crippen molar-refractivity contribution in [1.29, 1.82) is 5.26 Å². The maximum atomic E-state index is 12.5. The Morgan fingerprint density at radius 3 is 2.35 bits per heavy atom. The lowest BCUT2D eigenvalue weighted by molar-refractivity contribution is 0.660. The molecule has 0 aliphatic heterocycles. The first-order chi connectivity index (χ1) is 9.60. The molecule has 0 fully saturated rings. The average Bonchev–Trinajstić information content (AvgIpc) is 2.47. The van der Waals surface area contributed by atoms with E-state index in [1.165, 1.54) is 0 Å². The highest BCUT2D eigenvalue weighted by atomic mass is 16.3. The molecular weight excluding hydrogens is 252 g/mol. The van der Waals surface area contributed by atoms with Gasteiger partial charge in [-0.3, -0.25) is 4.79 Å². The van der Waals surface area contributed by atoms with Crippen molar-refractivity contribution in [2.75, 3.05) is 19.0 Å². The van der Waals surface area contributed by atoms with Gasteiger partial charge in [0.05, 0.1) is 22.4 Å². The van der Waals surface area contributed by atoms with E-state index in [2.05, 4.69) is 0 Å². The van der Waals surface area contributed by atoms with Crippen LogP contribution in [-0.2, 0) is 0 Å². The molecule has 1 aromatic heterocycles. The van der Waals surface area contributed by atoms with Crippen LogP contribution in [0.5, 0.6) is 0 Å². The van der Waals surface area contributed by atoms with E-state index >= 15 is 0 Å². The van der Waals surface area contributed by atoms with Crippen molar-refractivity contribution in [3.8, 4) is 6.07 Å². The van der Waals surface area contributed by atoms with E-state index < -0.39 is 0 Å². The molecule has 4 heteroatoms. The zero-order valence-corrected chi connectivity index (χ0v) is 11.2. The first kappa shape index (κ1) is 12.2. The van der Waals surface area contributed by atoms with Gasteiger partial charge in [0.15, 0.2) is 0 Å². The molecule has 0 saturated heterocycles. The van der Waals surface area contributed by atoms with Crippen LogP contribution < -0.4 is 10.3 Å². The fourth-order valence-electron chi connectivity index (χ4n) is 2.19. The Morgan fingerprint density at radius 1 is 1.05 bits per heavy atom. The predicted molar refractivity (Wildman–Crippen MR) is 79.0 cm³/mol. The van der Waals surface area contributed by atoms with E-state index in [0.29, 0.717) is 27.5 Å². The van der Waals surface area contributed by atoms with Gasteiger partial charge in [-0.2, -0.15) is 5.26 Å². The molecule has 20 heavy (non-hydrogen) atoms. The van der Waals surface area contributed by atoms with Gasteiger partial charge in [-0.15, -0.1) is 0 Å². The second-order valence-corrected chi connectivity index (χ2v) is 4.83. The van der Waals surface area contributed by atoms with Crippen LogP contribution in [0.15, 0.2) is 45.6 Å². The van der Waals surface area contributed by atoms with Crippen molar-refractivity contribution < 1.29 is 4.42 Å². The van der Waals surface area contributed by atoms with Crippen molar-refractivity contribution in [2.45, 2.75) is 0 Å². The summed E-state index contributed by atoms with van der Waals surface area (Å²) in [5.74, 6) is 0. The molecule has 0 saturated carbocycles. The first-order valence-electron chi connectivity index (χ1n) is 6.18. The quantitative estimate of drug-likeness (QED) is 0.634. The number of anilines is 1. The number of hydrogen-bond donors (Lipinski definition) is 0. The topological polar surface area (TPSA) is 57.2 Å². The molecular formula is C16H12N2O2.